The predicted octanol–water partition coefficient (Wildman–Crippen LogP) is 3.73. The van der Waals surface area contributed by atoms with E-state index in [1.165, 1.54) is 12.8 Å². The number of allylic oxidation sites excluding steroid dienone is 1. The van der Waals surface area contributed by atoms with Crippen LogP contribution in [0, 0.1) is 0 Å². The van der Waals surface area contributed by atoms with E-state index in [0.29, 0.717) is 5.56 Å². The van der Waals surface area contributed by atoms with E-state index < -0.39 is 0 Å². The van der Waals surface area contributed by atoms with Crippen molar-refractivity contribution in [3.05, 3.63) is 48.0 Å². The molecule has 0 amide bonds. The third-order valence-electron chi connectivity index (χ3n) is 2.98. The zero-order valence-corrected chi connectivity index (χ0v) is 9.97. The Morgan fingerprint density at radius 1 is 1.12 bits per heavy atom. The lowest BCUT2D eigenvalue weighted by Gasteiger charge is -2.16. The molecule has 0 unspecified atom stereocenters. The molecule has 2 nitrogen and oxygen atoms in total. The molecule has 1 aliphatic rings. The maximum Gasteiger partial charge on any atom is 0.338 e. The van der Waals surface area contributed by atoms with Crippen LogP contribution in [-0.4, -0.2) is 12.1 Å². The van der Waals surface area contributed by atoms with Gasteiger partial charge in [0.05, 0.1) is 5.56 Å². The van der Waals surface area contributed by atoms with Gasteiger partial charge in [-0.3, -0.25) is 0 Å². The summed E-state index contributed by atoms with van der Waals surface area (Å²) < 4.78 is 5.49. The number of hydrogen-bond acceptors (Lipinski definition) is 2. The monoisotopic (exact) mass is 230 g/mol. The van der Waals surface area contributed by atoms with Crippen molar-refractivity contribution in [2.45, 2.75) is 38.2 Å². The molecule has 1 aromatic carbocycles. The van der Waals surface area contributed by atoms with E-state index in [1.807, 2.05) is 24.3 Å². The Morgan fingerprint density at radius 2 is 1.94 bits per heavy atom. The fraction of sp³-hybridized carbons (Fsp3) is 0.400. The maximum absolute atomic E-state index is 11.9. The third kappa shape index (κ3) is 3.74. The van der Waals surface area contributed by atoms with Gasteiger partial charge in [0.2, 0.25) is 0 Å². The van der Waals surface area contributed by atoms with E-state index in [-0.39, 0.29) is 12.1 Å². The smallest absolute Gasteiger partial charge is 0.338 e. The first kappa shape index (κ1) is 11.9. The number of carbonyl (C=O) groups excluding carboxylic acids is 1. The van der Waals surface area contributed by atoms with E-state index in [9.17, 15) is 4.79 Å². The van der Waals surface area contributed by atoms with Crippen LogP contribution in [0.15, 0.2) is 42.5 Å². The standard InChI is InChI=1S/C15H18O2/c16-15(13-9-5-4-6-10-13)17-14-11-7-2-1-3-8-12-14/h4-7,9-11,14H,1-3,8,12H2/b11-7-/t14-/m0/s1. The van der Waals surface area contributed by atoms with Crippen LogP contribution in [0.2, 0.25) is 0 Å². The molecular formula is C15H18O2. The zero-order valence-electron chi connectivity index (χ0n) is 9.97. The number of esters is 1. The van der Waals surface area contributed by atoms with Crippen LogP contribution in [0.5, 0.6) is 0 Å². The molecule has 0 spiro atoms. The molecule has 0 aromatic heterocycles. The molecule has 1 atom stereocenters. The van der Waals surface area contributed by atoms with E-state index in [2.05, 4.69) is 6.08 Å². The third-order valence-corrected chi connectivity index (χ3v) is 2.98. The number of carbonyl (C=O) groups is 1. The van der Waals surface area contributed by atoms with Crippen molar-refractivity contribution in [2.24, 2.45) is 0 Å². The van der Waals surface area contributed by atoms with Crippen molar-refractivity contribution in [3.63, 3.8) is 0 Å². The first-order chi connectivity index (χ1) is 8.36. The molecule has 0 radical (unpaired) electrons. The minimum Gasteiger partial charge on any atom is -0.455 e. The van der Waals surface area contributed by atoms with Crippen molar-refractivity contribution in [1.82, 2.24) is 0 Å². The van der Waals surface area contributed by atoms with Crippen LogP contribution < -0.4 is 0 Å². The molecule has 0 bridgehead atoms. The van der Waals surface area contributed by atoms with Crippen LogP contribution in [0.3, 0.4) is 0 Å². The lowest BCUT2D eigenvalue weighted by Crippen LogP contribution is -2.16. The van der Waals surface area contributed by atoms with Gasteiger partial charge in [-0.05, 0) is 43.9 Å². The summed E-state index contributed by atoms with van der Waals surface area (Å²) in [6.45, 7) is 0. The van der Waals surface area contributed by atoms with Gasteiger partial charge in [0.1, 0.15) is 6.10 Å². The van der Waals surface area contributed by atoms with Gasteiger partial charge in [-0.1, -0.05) is 30.7 Å². The number of benzene rings is 1. The Labute approximate surface area is 102 Å². The molecule has 2 rings (SSSR count). The summed E-state index contributed by atoms with van der Waals surface area (Å²) in [5.41, 5.74) is 0.628. The summed E-state index contributed by atoms with van der Waals surface area (Å²) in [6.07, 6.45) is 9.75. The largest absolute Gasteiger partial charge is 0.455 e. The average molecular weight is 230 g/mol. The summed E-state index contributed by atoms with van der Waals surface area (Å²) in [6, 6.07) is 9.17. The van der Waals surface area contributed by atoms with Crippen molar-refractivity contribution < 1.29 is 9.53 Å². The van der Waals surface area contributed by atoms with Gasteiger partial charge in [-0.25, -0.2) is 4.79 Å². The first-order valence-corrected chi connectivity index (χ1v) is 6.29. The van der Waals surface area contributed by atoms with E-state index >= 15 is 0 Å². The molecule has 0 saturated carbocycles. The molecule has 17 heavy (non-hydrogen) atoms. The molecule has 2 heteroatoms. The highest BCUT2D eigenvalue weighted by Crippen LogP contribution is 2.15. The summed E-state index contributed by atoms with van der Waals surface area (Å²) in [4.78, 5) is 11.9. The highest BCUT2D eigenvalue weighted by atomic mass is 16.5. The molecular weight excluding hydrogens is 212 g/mol. The van der Waals surface area contributed by atoms with Gasteiger partial charge >= 0.3 is 5.97 Å². The van der Waals surface area contributed by atoms with Crippen molar-refractivity contribution >= 4 is 5.97 Å². The van der Waals surface area contributed by atoms with Crippen LogP contribution in [0.4, 0.5) is 0 Å². The second-order valence-corrected chi connectivity index (χ2v) is 4.38. The van der Waals surface area contributed by atoms with Gasteiger partial charge in [0.25, 0.3) is 0 Å². The van der Waals surface area contributed by atoms with E-state index in [0.717, 1.165) is 19.3 Å². The Kier molecular flexibility index (Phi) is 4.37. The van der Waals surface area contributed by atoms with Gasteiger partial charge in [0.15, 0.2) is 0 Å². The number of ether oxygens (including phenoxy) is 1. The Bertz CT molecular complexity index is 381. The van der Waals surface area contributed by atoms with E-state index in [4.69, 9.17) is 4.74 Å². The number of rotatable bonds is 2. The second kappa shape index (κ2) is 6.24. The molecule has 0 N–H and O–H groups in total. The van der Waals surface area contributed by atoms with Gasteiger partial charge in [0, 0.05) is 0 Å². The quantitative estimate of drug-likeness (QED) is 0.571. The fourth-order valence-corrected chi connectivity index (χ4v) is 2.01. The second-order valence-electron chi connectivity index (χ2n) is 4.38. The van der Waals surface area contributed by atoms with Crippen LogP contribution in [0.25, 0.3) is 0 Å². The van der Waals surface area contributed by atoms with Gasteiger partial charge in [-0.2, -0.15) is 0 Å². The lowest BCUT2D eigenvalue weighted by molar-refractivity contribution is 0.0374. The van der Waals surface area contributed by atoms with Crippen molar-refractivity contribution in [2.75, 3.05) is 0 Å². The lowest BCUT2D eigenvalue weighted by atomic mass is 10.0. The topological polar surface area (TPSA) is 26.3 Å². The summed E-state index contributed by atoms with van der Waals surface area (Å²) in [5, 5.41) is 0. The SMILES string of the molecule is O=C(O[C@H]1/C=C\CCCCC1)c1ccccc1. The molecule has 0 aliphatic heterocycles. The molecule has 90 valence electrons. The van der Waals surface area contributed by atoms with E-state index in [1.54, 1.807) is 12.1 Å². The van der Waals surface area contributed by atoms with Crippen molar-refractivity contribution in [1.29, 1.82) is 0 Å². The minimum atomic E-state index is -0.221. The molecule has 0 fully saturated rings. The molecule has 1 aromatic rings. The Morgan fingerprint density at radius 3 is 2.76 bits per heavy atom. The normalized spacial score (nSPS) is 22.2. The highest BCUT2D eigenvalue weighted by Gasteiger charge is 2.13. The number of hydrogen-bond donors (Lipinski definition) is 0. The minimum absolute atomic E-state index is 0.0528. The Balaban J connectivity index is 1.95. The molecule has 1 aliphatic carbocycles. The summed E-state index contributed by atoms with van der Waals surface area (Å²) >= 11 is 0. The van der Waals surface area contributed by atoms with Crippen LogP contribution in [-0.2, 0) is 4.74 Å². The molecule has 0 heterocycles. The first-order valence-electron chi connectivity index (χ1n) is 6.29. The van der Waals surface area contributed by atoms with Crippen LogP contribution in [0.1, 0.15) is 42.5 Å². The van der Waals surface area contributed by atoms with Gasteiger partial charge < -0.3 is 4.74 Å². The molecule has 0 saturated heterocycles. The van der Waals surface area contributed by atoms with Crippen molar-refractivity contribution in [3.8, 4) is 0 Å². The fourth-order valence-electron chi connectivity index (χ4n) is 2.01. The van der Waals surface area contributed by atoms with Crippen LogP contribution >= 0.6 is 0 Å². The summed E-state index contributed by atoms with van der Waals surface area (Å²) in [5.74, 6) is -0.221. The highest BCUT2D eigenvalue weighted by molar-refractivity contribution is 5.89. The Hall–Kier alpha value is -1.57. The average Bonchev–Trinajstić information content (AvgIpc) is 2.33. The predicted molar refractivity (Wildman–Crippen MR) is 67.9 cm³/mol. The zero-order chi connectivity index (χ0) is 11.9. The summed E-state index contributed by atoms with van der Waals surface area (Å²) in [7, 11) is 0. The van der Waals surface area contributed by atoms with Gasteiger partial charge in [-0.15, -0.1) is 0 Å². The maximum atomic E-state index is 11.9.